The van der Waals surface area contributed by atoms with E-state index in [4.69, 9.17) is 14.2 Å². The average Bonchev–Trinajstić information content (AvgIpc) is 3.29. The Kier molecular flexibility index (Phi) is 4.47. The highest BCUT2D eigenvalue weighted by atomic mass is 79.9. The van der Waals surface area contributed by atoms with Crippen LogP contribution in [-0.2, 0) is 6.42 Å². The lowest BCUT2D eigenvalue weighted by atomic mass is 9.88. The largest absolute Gasteiger partial charge is 0.492 e. The highest BCUT2D eigenvalue weighted by Gasteiger charge is 2.37. The quantitative estimate of drug-likeness (QED) is 0.694. The molecule has 0 N–H and O–H groups in total. The number of rotatable bonds is 4. The minimum atomic E-state index is -0.0564. The summed E-state index contributed by atoms with van der Waals surface area (Å²) in [5, 5.41) is 1.93. The van der Waals surface area contributed by atoms with Gasteiger partial charge in [0.25, 0.3) is 0 Å². The van der Waals surface area contributed by atoms with E-state index in [0.717, 1.165) is 33.4 Å². The van der Waals surface area contributed by atoms with Crippen LogP contribution in [0.5, 0.6) is 17.2 Å². The van der Waals surface area contributed by atoms with Crippen molar-refractivity contribution in [1.29, 1.82) is 0 Å². The van der Waals surface area contributed by atoms with Crippen molar-refractivity contribution in [3.05, 3.63) is 38.0 Å². The van der Waals surface area contributed by atoms with Crippen molar-refractivity contribution in [2.45, 2.75) is 18.9 Å². The number of carbonyl (C=O) groups is 1. The number of Topliss-reactive ketones (excluding diaryl/α,β-unsaturated/α-hetero) is 1. The molecule has 0 unspecified atom stereocenters. The second kappa shape index (κ2) is 6.63. The van der Waals surface area contributed by atoms with Gasteiger partial charge in [-0.15, -0.1) is 11.3 Å². The fourth-order valence-corrected chi connectivity index (χ4v) is 4.94. The molecule has 5 nitrogen and oxygen atoms in total. The molecule has 2 aliphatic heterocycles. The van der Waals surface area contributed by atoms with Gasteiger partial charge in [0, 0.05) is 24.6 Å². The Labute approximate surface area is 158 Å². The smallest absolute Gasteiger partial charge is 0.231 e. The molecule has 0 amide bonds. The first-order valence-corrected chi connectivity index (χ1v) is 9.73. The van der Waals surface area contributed by atoms with Crippen LogP contribution in [0.3, 0.4) is 0 Å². The van der Waals surface area contributed by atoms with E-state index in [-0.39, 0.29) is 18.6 Å². The molecule has 1 atom stereocenters. The molecule has 0 aliphatic carbocycles. The molecule has 0 fully saturated rings. The summed E-state index contributed by atoms with van der Waals surface area (Å²) in [7, 11) is 3.69. The number of halogens is 1. The van der Waals surface area contributed by atoms with Crippen LogP contribution in [-0.4, -0.2) is 38.2 Å². The number of nitrogens with zero attached hydrogens (tertiary/aromatic N) is 1. The zero-order valence-electron chi connectivity index (χ0n) is 14.0. The van der Waals surface area contributed by atoms with Gasteiger partial charge in [0.05, 0.1) is 16.5 Å². The maximum Gasteiger partial charge on any atom is 0.231 e. The van der Waals surface area contributed by atoms with Crippen molar-refractivity contribution in [2.24, 2.45) is 0 Å². The summed E-state index contributed by atoms with van der Waals surface area (Å²) >= 11 is 5.15. The average molecular weight is 424 g/mol. The molecule has 0 saturated carbocycles. The van der Waals surface area contributed by atoms with Gasteiger partial charge in [-0.3, -0.25) is 9.69 Å². The number of hydrogen-bond acceptors (Lipinski definition) is 6. The Bertz CT molecular complexity index is 821. The molecule has 0 saturated heterocycles. The van der Waals surface area contributed by atoms with E-state index in [0.29, 0.717) is 23.7 Å². The first-order valence-electron chi connectivity index (χ1n) is 8.06. The first kappa shape index (κ1) is 16.9. The van der Waals surface area contributed by atoms with Gasteiger partial charge in [-0.25, -0.2) is 0 Å². The van der Waals surface area contributed by atoms with E-state index in [9.17, 15) is 4.79 Å². The van der Waals surface area contributed by atoms with Crippen LogP contribution in [0.25, 0.3) is 0 Å². The molecule has 3 heterocycles. The number of hydrogen-bond donors (Lipinski definition) is 0. The van der Waals surface area contributed by atoms with Gasteiger partial charge in [-0.1, -0.05) is 6.07 Å². The third-order valence-electron chi connectivity index (χ3n) is 4.81. The number of carbonyl (C=O) groups excluding carboxylic acids is 1. The Balaban J connectivity index is 1.80. The van der Waals surface area contributed by atoms with Crippen LogP contribution < -0.4 is 14.2 Å². The number of ketones is 1. The normalized spacial score (nSPS) is 18.9. The standard InChI is InChI=1S/C18H18BrNO4S/c1-20-6-5-10-14(11(20)8-12(21)13-4-3-7-25-13)16(22-2)18-17(15(10)19)23-9-24-18/h3-4,7,11H,5-6,8-9H2,1-2H3/t11-/m1/s1. The lowest BCUT2D eigenvalue weighted by Crippen LogP contribution is -2.34. The summed E-state index contributed by atoms with van der Waals surface area (Å²) < 4.78 is 17.9. The summed E-state index contributed by atoms with van der Waals surface area (Å²) in [6, 6.07) is 3.73. The van der Waals surface area contributed by atoms with Crippen LogP contribution in [0, 0.1) is 0 Å². The third-order valence-corrected chi connectivity index (χ3v) is 6.56. The highest BCUT2D eigenvalue weighted by molar-refractivity contribution is 9.10. The molecule has 2 aliphatic rings. The molecule has 132 valence electrons. The predicted molar refractivity (Wildman–Crippen MR) is 99.2 cm³/mol. The van der Waals surface area contributed by atoms with Crippen molar-refractivity contribution in [3.63, 3.8) is 0 Å². The molecule has 7 heteroatoms. The van der Waals surface area contributed by atoms with Gasteiger partial charge >= 0.3 is 0 Å². The predicted octanol–water partition coefficient (Wildman–Crippen LogP) is 4.05. The number of ether oxygens (including phenoxy) is 3. The van der Waals surface area contributed by atoms with E-state index in [1.165, 1.54) is 11.3 Å². The second-order valence-electron chi connectivity index (χ2n) is 6.16. The van der Waals surface area contributed by atoms with Crippen LogP contribution in [0.4, 0.5) is 0 Å². The maximum absolute atomic E-state index is 12.7. The van der Waals surface area contributed by atoms with E-state index in [2.05, 4.69) is 20.8 Å². The van der Waals surface area contributed by atoms with Crippen molar-refractivity contribution in [1.82, 2.24) is 4.90 Å². The zero-order chi connectivity index (χ0) is 17.6. The summed E-state index contributed by atoms with van der Waals surface area (Å²) in [6.07, 6.45) is 1.27. The van der Waals surface area contributed by atoms with Gasteiger partial charge in [-0.2, -0.15) is 0 Å². The van der Waals surface area contributed by atoms with Crippen LogP contribution in [0.15, 0.2) is 22.0 Å². The lowest BCUT2D eigenvalue weighted by Gasteiger charge is -2.36. The van der Waals surface area contributed by atoms with Crippen molar-refractivity contribution in [3.8, 4) is 17.2 Å². The van der Waals surface area contributed by atoms with Gasteiger partial charge in [0.1, 0.15) is 0 Å². The summed E-state index contributed by atoms with van der Waals surface area (Å²) in [5.41, 5.74) is 2.17. The highest BCUT2D eigenvalue weighted by Crippen LogP contribution is 2.54. The molecule has 1 aromatic carbocycles. The van der Waals surface area contributed by atoms with Crippen molar-refractivity contribution >= 4 is 33.0 Å². The molecule has 1 aromatic heterocycles. The Morgan fingerprint density at radius 1 is 1.44 bits per heavy atom. The molecule has 0 spiro atoms. The molecular formula is C18H18BrNO4S. The van der Waals surface area contributed by atoms with E-state index in [1.54, 1.807) is 7.11 Å². The van der Waals surface area contributed by atoms with E-state index >= 15 is 0 Å². The maximum atomic E-state index is 12.7. The minimum absolute atomic E-state index is 0.0564. The van der Waals surface area contributed by atoms with Crippen molar-refractivity contribution < 1.29 is 19.0 Å². The summed E-state index contributed by atoms with van der Waals surface area (Å²) in [4.78, 5) is 15.7. The monoisotopic (exact) mass is 423 g/mol. The van der Waals surface area contributed by atoms with Gasteiger partial charge in [0.15, 0.2) is 17.3 Å². The molecule has 0 bridgehead atoms. The molecule has 0 radical (unpaired) electrons. The summed E-state index contributed by atoms with van der Waals surface area (Å²) in [5.74, 6) is 2.15. The van der Waals surface area contributed by atoms with E-state index in [1.807, 2.05) is 24.6 Å². The number of fused-ring (bicyclic) bond motifs is 2. The van der Waals surface area contributed by atoms with Gasteiger partial charge < -0.3 is 14.2 Å². The van der Waals surface area contributed by atoms with Gasteiger partial charge in [-0.05, 0) is 46.4 Å². The summed E-state index contributed by atoms with van der Waals surface area (Å²) in [6.45, 7) is 1.05. The molecule has 2 aromatic rings. The van der Waals surface area contributed by atoms with Gasteiger partial charge in [0.2, 0.25) is 12.5 Å². The Hall–Kier alpha value is -1.57. The number of thiophene rings is 1. The van der Waals surface area contributed by atoms with Crippen LogP contribution in [0.2, 0.25) is 0 Å². The number of methoxy groups -OCH3 is 1. The third kappa shape index (κ3) is 2.74. The fourth-order valence-electron chi connectivity index (χ4n) is 3.56. The SMILES string of the molecule is COc1c2c(c(Br)c3c1[C@@H](CC(=O)c1cccs1)N(C)CC3)OCO2. The van der Waals surface area contributed by atoms with E-state index < -0.39 is 0 Å². The first-order chi connectivity index (χ1) is 12.1. The topological polar surface area (TPSA) is 48.0 Å². The molecule has 25 heavy (non-hydrogen) atoms. The number of benzene rings is 1. The molecular weight excluding hydrogens is 406 g/mol. The zero-order valence-corrected chi connectivity index (χ0v) is 16.4. The van der Waals surface area contributed by atoms with Crippen LogP contribution in [0.1, 0.15) is 33.3 Å². The lowest BCUT2D eigenvalue weighted by molar-refractivity contribution is 0.0929. The Morgan fingerprint density at radius 2 is 2.24 bits per heavy atom. The fraction of sp³-hybridized carbons (Fsp3) is 0.389. The number of likely N-dealkylation sites (N-methyl/N-ethyl adjacent to an activating group) is 1. The second-order valence-corrected chi connectivity index (χ2v) is 7.90. The van der Waals surface area contributed by atoms with Crippen molar-refractivity contribution in [2.75, 3.05) is 27.5 Å². The Morgan fingerprint density at radius 3 is 2.96 bits per heavy atom. The minimum Gasteiger partial charge on any atom is -0.492 e. The van der Waals surface area contributed by atoms with Crippen LogP contribution >= 0.6 is 27.3 Å². The molecule has 4 rings (SSSR count).